The van der Waals surface area contributed by atoms with Crippen LogP contribution >= 0.6 is 0 Å². The summed E-state index contributed by atoms with van der Waals surface area (Å²) >= 11 is 0. The highest BCUT2D eigenvalue weighted by atomic mass is 32.2. The number of rotatable bonds is 4. The Hall–Kier alpha value is -2.99. The van der Waals surface area contributed by atoms with E-state index in [4.69, 9.17) is 10.5 Å². The van der Waals surface area contributed by atoms with E-state index in [0.29, 0.717) is 11.4 Å². The van der Waals surface area contributed by atoms with Crippen molar-refractivity contribution in [1.29, 1.82) is 5.26 Å². The van der Waals surface area contributed by atoms with E-state index in [1.54, 1.807) is 12.1 Å². The number of anilines is 2. The summed E-state index contributed by atoms with van der Waals surface area (Å²) in [4.78, 5) is 14.6. The smallest absolute Gasteiger partial charge is 0.357 e. The molecule has 0 aliphatic carbocycles. The molecule has 1 aromatic carbocycles. The number of nitriles is 1. The van der Waals surface area contributed by atoms with Gasteiger partial charge in [0.2, 0.25) is 0 Å². The summed E-state index contributed by atoms with van der Waals surface area (Å²) in [7, 11) is -2.22. The predicted octanol–water partition coefficient (Wildman–Crippen LogP) is 2.50. The minimum Gasteiger partial charge on any atom is -0.464 e. The summed E-state index contributed by atoms with van der Waals surface area (Å²) in [5.41, 5.74) is 7.32. The third kappa shape index (κ3) is 4.07. The Bertz CT molecular complexity index is 1070. The maximum absolute atomic E-state index is 12.4. The molecule has 1 aliphatic heterocycles. The summed E-state index contributed by atoms with van der Waals surface area (Å²) < 4.78 is 31.1. The number of aromatic nitrogens is 1. The summed E-state index contributed by atoms with van der Waals surface area (Å²) in [5, 5.41) is 9.32. The van der Waals surface area contributed by atoms with Crippen molar-refractivity contribution in [2.24, 2.45) is 0 Å². The van der Waals surface area contributed by atoms with Crippen LogP contribution in [-0.4, -0.2) is 45.4 Å². The number of carbonyl (C=O) groups excluding carboxylic acids is 1. The first-order valence-electron chi connectivity index (χ1n) is 9.36. The Morgan fingerprint density at radius 2 is 1.86 bits per heavy atom. The number of nitrogens with zero attached hydrogens (tertiary/aromatic N) is 3. The van der Waals surface area contributed by atoms with Gasteiger partial charge in [-0.1, -0.05) is 12.8 Å². The fourth-order valence-electron chi connectivity index (χ4n) is 3.65. The Balaban J connectivity index is 2.21. The highest BCUT2D eigenvalue weighted by Crippen LogP contribution is 2.32. The third-order valence-electron chi connectivity index (χ3n) is 5.11. The summed E-state index contributed by atoms with van der Waals surface area (Å²) in [6.07, 6.45) is 6.83. The minimum atomic E-state index is -3.45. The van der Waals surface area contributed by atoms with Gasteiger partial charge in [0, 0.05) is 31.2 Å². The molecule has 8 nitrogen and oxygen atoms in total. The SMILES string of the molecule is COC(=O)c1c(N)c(C#N)cn1-c1ccc(S(C)(=O)=O)c(N2CCCCCC2)c1. The van der Waals surface area contributed by atoms with E-state index in [9.17, 15) is 18.5 Å². The second-order valence-electron chi connectivity index (χ2n) is 7.10. The molecule has 2 N–H and O–H groups in total. The maximum atomic E-state index is 12.4. The van der Waals surface area contributed by atoms with Crippen molar-refractivity contribution in [3.8, 4) is 11.8 Å². The van der Waals surface area contributed by atoms with Crippen molar-refractivity contribution in [3.63, 3.8) is 0 Å². The van der Waals surface area contributed by atoms with E-state index in [-0.39, 0.29) is 21.8 Å². The van der Waals surface area contributed by atoms with Crippen LogP contribution in [0.3, 0.4) is 0 Å². The molecular weight excluding hydrogens is 392 g/mol. The number of sulfone groups is 1. The topological polar surface area (TPSA) is 118 Å². The molecule has 0 saturated carbocycles. The van der Waals surface area contributed by atoms with Gasteiger partial charge in [0.05, 0.1) is 28.9 Å². The van der Waals surface area contributed by atoms with Crippen LogP contribution in [-0.2, 0) is 14.6 Å². The van der Waals surface area contributed by atoms with Crippen molar-refractivity contribution in [3.05, 3.63) is 35.7 Å². The van der Waals surface area contributed by atoms with Crippen LogP contribution in [0, 0.1) is 11.3 Å². The average Bonchev–Trinajstić information content (AvgIpc) is 2.86. The van der Waals surface area contributed by atoms with E-state index in [0.717, 1.165) is 38.8 Å². The molecule has 154 valence electrons. The molecule has 2 heterocycles. The van der Waals surface area contributed by atoms with Crippen molar-refractivity contribution in [1.82, 2.24) is 4.57 Å². The van der Waals surface area contributed by atoms with Crippen molar-refractivity contribution in [2.75, 3.05) is 37.1 Å². The molecule has 9 heteroatoms. The van der Waals surface area contributed by atoms with Crippen LogP contribution in [0.2, 0.25) is 0 Å². The molecule has 1 fully saturated rings. The number of hydrogen-bond acceptors (Lipinski definition) is 7. The first-order chi connectivity index (χ1) is 13.8. The monoisotopic (exact) mass is 416 g/mol. The van der Waals surface area contributed by atoms with Crippen LogP contribution in [0.5, 0.6) is 0 Å². The molecule has 0 atom stereocenters. The normalized spacial score (nSPS) is 14.9. The number of ether oxygens (including phenoxy) is 1. The fraction of sp³-hybridized carbons (Fsp3) is 0.400. The number of methoxy groups -OCH3 is 1. The van der Waals surface area contributed by atoms with Crippen LogP contribution in [0.15, 0.2) is 29.3 Å². The largest absolute Gasteiger partial charge is 0.464 e. The lowest BCUT2D eigenvalue weighted by atomic mass is 10.2. The van der Waals surface area contributed by atoms with Crippen molar-refractivity contribution in [2.45, 2.75) is 30.6 Å². The number of hydrogen-bond donors (Lipinski definition) is 1. The molecule has 2 aromatic rings. The van der Waals surface area contributed by atoms with E-state index in [1.807, 2.05) is 6.07 Å². The zero-order valence-corrected chi connectivity index (χ0v) is 17.3. The Labute approximate surface area is 170 Å². The zero-order valence-electron chi connectivity index (χ0n) is 16.5. The maximum Gasteiger partial charge on any atom is 0.357 e. The Kier molecular flexibility index (Phi) is 5.84. The Morgan fingerprint density at radius 1 is 1.21 bits per heavy atom. The molecule has 0 radical (unpaired) electrons. The van der Waals surface area contributed by atoms with Gasteiger partial charge in [0.1, 0.15) is 6.07 Å². The number of carbonyl (C=O) groups is 1. The number of nitrogen functional groups attached to an aromatic ring is 1. The molecule has 1 saturated heterocycles. The predicted molar refractivity (Wildman–Crippen MR) is 110 cm³/mol. The van der Waals surface area contributed by atoms with Crippen LogP contribution in [0.4, 0.5) is 11.4 Å². The van der Waals surface area contributed by atoms with Gasteiger partial charge in [-0.05, 0) is 31.0 Å². The molecule has 0 bridgehead atoms. The second kappa shape index (κ2) is 8.17. The molecule has 1 aliphatic rings. The lowest BCUT2D eigenvalue weighted by Crippen LogP contribution is -2.26. The first kappa shape index (κ1) is 20.7. The molecule has 0 amide bonds. The lowest BCUT2D eigenvalue weighted by molar-refractivity contribution is 0.0593. The van der Waals surface area contributed by atoms with Crippen molar-refractivity contribution < 1.29 is 17.9 Å². The fourth-order valence-corrected chi connectivity index (χ4v) is 4.53. The van der Waals surface area contributed by atoms with E-state index >= 15 is 0 Å². The van der Waals surface area contributed by atoms with Gasteiger partial charge >= 0.3 is 5.97 Å². The zero-order chi connectivity index (χ0) is 21.2. The van der Waals surface area contributed by atoms with Gasteiger partial charge in [-0.25, -0.2) is 13.2 Å². The molecule has 0 spiro atoms. The van der Waals surface area contributed by atoms with Crippen LogP contribution < -0.4 is 10.6 Å². The first-order valence-corrected chi connectivity index (χ1v) is 11.3. The molecule has 3 rings (SSSR count). The number of nitrogens with two attached hydrogens (primary N) is 1. The van der Waals surface area contributed by atoms with E-state index in [1.165, 1.54) is 30.2 Å². The van der Waals surface area contributed by atoms with Gasteiger partial charge in [-0.2, -0.15) is 5.26 Å². The molecule has 29 heavy (non-hydrogen) atoms. The van der Waals surface area contributed by atoms with Gasteiger partial charge in [0.25, 0.3) is 0 Å². The summed E-state index contributed by atoms with van der Waals surface area (Å²) in [6, 6.07) is 6.84. The van der Waals surface area contributed by atoms with Crippen LogP contribution in [0.1, 0.15) is 41.7 Å². The molecule has 1 aromatic heterocycles. The number of benzene rings is 1. The average molecular weight is 417 g/mol. The van der Waals surface area contributed by atoms with Gasteiger partial charge < -0.3 is 19.9 Å². The number of esters is 1. The lowest BCUT2D eigenvalue weighted by Gasteiger charge is -2.26. The van der Waals surface area contributed by atoms with Crippen molar-refractivity contribution >= 4 is 27.2 Å². The second-order valence-corrected chi connectivity index (χ2v) is 9.09. The van der Waals surface area contributed by atoms with Gasteiger partial charge in [-0.3, -0.25) is 0 Å². The molecular formula is C20H24N4O4S. The van der Waals surface area contributed by atoms with E-state index in [2.05, 4.69) is 4.90 Å². The third-order valence-corrected chi connectivity index (χ3v) is 6.25. The van der Waals surface area contributed by atoms with Crippen LogP contribution in [0.25, 0.3) is 5.69 Å². The minimum absolute atomic E-state index is 0.0304. The van der Waals surface area contributed by atoms with Gasteiger partial charge in [0.15, 0.2) is 15.5 Å². The summed E-state index contributed by atoms with van der Waals surface area (Å²) in [5.74, 6) is -0.674. The highest BCUT2D eigenvalue weighted by molar-refractivity contribution is 7.90. The molecule has 0 unspecified atom stereocenters. The standard InChI is InChI=1S/C20H24N4O4S/c1-28-20(25)19-18(22)14(12-21)13-24(19)15-7-8-17(29(2,26)27)16(11-15)23-9-5-3-4-6-10-23/h7-8,11,13H,3-6,9-10,22H2,1-2H3. The van der Waals surface area contributed by atoms with Gasteiger partial charge in [-0.15, -0.1) is 0 Å². The quantitative estimate of drug-likeness (QED) is 0.761. The highest BCUT2D eigenvalue weighted by Gasteiger charge is 2.24. The Morgan fingerprint density at radius 3 is 2.41 bits per heavy atom. The van der Waals surface area contributed by atoms with E-state index < -0.39 is 15.8 Å². The summed E-state index contributed by atoms with van der Waals surface area (Å²) in [6.45, 7) is 1.51.